The highest BCUT2D eigenvalue weighted by Crippen LogP contribution is 2.31. The standard InChI is InChI=1S/C19H20ClN3O2S2/c20-13-2-5-16-17(10-13)27-19(21-16)23-7-1-6-22(8-9-23)12-15-4-3-14(26-15)11-18(24)25/h2-5,10H,1,6-9,11-12H2,(H,24,25). The molecule has 0 bridgehead atoms. The largest absolute Gasteiger partial charge is 0.481 e. The van der Waals surface area contributed by atoms with Crippen molar-refractivity contribution in [1.82, 2.24) is 9.88 Å². The Morgan fingerprint density at radius 3 is 2.81 bits per heavy atom. The van der Waals surface area contributed by atoms with E-state index in [1.807, 2.05) is 24.3 Å². The van der Waals surface area contributed by atoms with E-state index >= 15 is 0 Å². The molecule has 3 aromatic rings. The molecule has 5 nitrogen and oxygen atoms in total. The first-order chi connectivity index (χ1) is 13.1. The summed E-state index contributed by atoms with van der Waals surface area (Å²) in [7, 11) is 0. The Hall–Kier alpha value is -1.67. The van der Waals surface area contributed by atoms with Crippen LogP contribution in [0.15, 0.2) is 30.3 Å². The molecule has 27 heavy (non-hydrogen) atoms. The molecule has 1 aromatic carbocycles. The van der Waals surface area contributed by atoms with Crippen LogP contribution in [0.25, 0.3) is 10.2 Å². The van der Waals surface area contributed by atoms with Gasteiger partial charge >= 0.3 is 5.97 Å². The normalized spacial score (nSPS) is 16.0. The monoisotopic (exact) mass is 421 g/mol. The summed E-state index contributed by atoms with van der Waals surface area (Å²) in [4.78, 5) is 22.6. The Morgan fingerprint density at radius 2 is 1.96 bits per heavy atom. The van der Waals surface area contributed by atoms with Crippen LogP contribution in [0.5, 0.6) is 0 Å². The molecule has 8 heteroatoms. The predicted molar refractivity (Wildman–Crippen MR) is 112 cm³/mol. The number of thiazole rings is 1. The third-order valence-electron chi connectivity index (χ3n) is 4.62. The van der Waals surface area contributed by atoms with Gasteiger partial charge in [-0.1, -0.05) is 22.9 Å². The summed E-state index contributed by atoms with van der Waals surface area (Å²) in [5, 5.41) is 10.7. The molecule has 1 fully saturated rings. The van der Waals surface area contributed by atoms with Crippen molar-refractivity contribution in [1.29, 1.82) is 0 Å². The van der Waals surface area contributed by atoms with Crippen molar-refractivity contribution in [2.75, 3.05) is 31.1 Å². The highest BCUT2D eigenvalue weighted by atomic mass is 35.5. The second-order valence-corrected chi connectivity index (χ2v) is 9.36. The second kappa shape index (κ2) is 8.14. The van der Waals surface area contributed by atoms with Gasteiger partial charge in [-0.25, -0.2) is 4.98 Å². The summed E-state index contributed by atoms with van der Waals surface area (Å²) in [6.07, 6.45) is 1.20. The van der Waals surface area contributed by atoms with Gasteiger partial charge in [0.15, 0.2) is 5.13 Å². The summed E-state index contributed by atoms with van der Waals surface area (Å²) in [5.41, 5.74) is 1.00. The quantitative estimate of drug-likeness (QED) is 0.663. The number of thiophene rings is 1. The van der Waals surface area contributed by atoms with Gasteiger partial charge in [0.25, 0.3) is 0 Å². The van der Waals surface area contributed by atoms with Crippen LogP contribution in [-0.2, 0) is 17.8 Å². The zero-order chi connectivity index (χ0) is 18.8. The number of hydrogen-bond donors (Lipinski definition) is 1. The van der Waals surface area contributed by atoms with Crippen molar-refractivity contribution in [3.63, 3.8) is 0 Å². The zero-order valence-electron chi connectivity index (χ0n) is 14.7. The number of carboxylic acids is 1. The summed E-state index contributed by atoms with van der Waals surface area (Å²) in [6, 6.07) is 9.84. The first-order valence-electron chi connectivity index (χ1n) is 8.89. The van der Waals surface area contributed by atoms with Gasteiger partial charge in [-0.15, -0.1) is 11.3 Å². The lowest BCUT2D eigenvalue weighted by Crippen LogP contribution is -2.30. The van der Waals surface area contributed by atoms with E-state index in [1.54, 1.807) is 22.7 Å². The number of benzene rings is 1. The lowest BCUT2D eigenvalue weighted by Gasteiger charge is -2.20. The SMILES string of the molecule is O=C(O)Cc1ccc(CN2CCCN(c3nc4ccc(Cl)cc4s3)CC2)s1. The number of rotatable bonds is 5. The molecule has 0 saturated carbocycles. The number of aromatic nitrogens is 1. The van der Waals surface area contributed by atoms with E-state index < -0.39 is 5.97 Å². The lowest BCUT2D eigenvalue weighted by molar-refractivity contribution is -0.136. The van der Waals surface area contributed by atoms with Crippen molar-refractivity contribution in [3.8, 4) is 0 Å². The highest BCUT2D eigenvalue weighted by Gasteiger charge is 2.19. The average molecular weight is 422 g/mol. The van der Waals surface area contributed by atoms with E-state index in [0.717, 1.165) is 64.4 Å². The van der Waals surface area contributed by atoms with Gasteiger partial charge in [0.2, 0.25) is 0 Å². The summed E-state index contributed by atoms with van der Waals surface area (Å²) in [6.45, 7) is 4.84. The van der Waals surface area contributed by atoms with Gasteiger partial charge in [-0.05, 0) is 36.8 Å². The molecule has 3 heterocycles. The first-order valence-corrected chi connectivity index (χ1v) is 10.9. The second-order valence-electron chi connectivity index (χ2n) is 6.66. The fourth-order valence-electron chi connectivity index (χ4n) is 3.31. The molecule has 0 aliphatic carbocycles. The van der Waals surface area contributed by atoms with Crippen LogP contribution in [0.2, 0.25) is 5.02 Å². The summed E-state index contributed by atoms with van der Waals surface area (Å²) >= 11 is 9.40. The minimum atomic E-state index is -0.772. The zero-order valence-corrected chi connectivity index (χ0v) is 17.1. The molecule has 2 aromatic heterocycles. The fraction of sp³-hybridized carbons (Fsp3) is 0.368. The highest BCUT2D eigenvalue weighted by molar-refractivity contribution is 7.22. The maximum absolute atomic E-state index is 10.8. The van der Waals surface area contributed by atoms with Gasteiger partial charge < -0.3 is 10.0 Å². The third-order valence-corrected chi connectivity index (χ3v) is 7.00. The van der Waals surface area contributed by atoms with Crippen LogP contribution in [0.4, 0.5) is 5.13 Å². The number of nitrogens with zero attached hydrogens (tertiary/aromatic N) is 3. The Balaban J connectivity index is 1.39. The van der Waals surface area contributed by atoms with E-state index in [0.29, 0.717) is 0 Å². The van der Waals surface area contributed by atoms with Gasteiger partial charge in [0.05, 0.1) is 16.6 Å². The average Bonchev–Trinajstić information content (AvgIpc) is 3.15. The summed E-state index contributed by atoms with van der Waals surface area (Å²) in [5.74, 6) is -0.772. The molecule has 0 spiro atoms. The van der Waals surface area contributed by atoms with Gasteiger partial charge in [0.1, 0.15) is 0 Å². The van der Waals surface area contributed by atoms with Crippen LogP contribution in [0.3, 0.4) is 0 Å². The molecule has 0 unspecified atom stereocenters. The predicted octanol–water partition coefficient (Wildman–Crippen LogP) is 4.35. The van der Waals surface area contributed by atoms with Crippen LogP contribution in [0, 0.1) is 0 Å². The van der Waals surface area contributed by atoms with Crippen molar-refractivity contribution in [3.05, 3.63) is 45.1 Å². The van der Waals surface area contributed by atoms with Crippen LogP contribution < -0.4 is 4.90 Å². The van der Waals surface area contributed by atoms with E-state index in [2.05, 4.69) is 15.9 Å². The number of carboxylic acid groups (broad SMARTS) is 1. The molecule has 1 saturated heterocycles. The van der Waals surface area contributed by atoms with Crippen LogP contribution in [-0.4, -0.2) is 47.1 Å². The molecule has 142 valence electrons. The Morgan fingerprint density at radius 1 is 1.11 bits per heavy atom. The molecular formula is C19H20ClN3O2S2. The van der Waals surface area contributed by atoms with Crippen LogP contribution >= 0.6 is 34.3 Å². The van der Waals surface area contributed by atoms with Crippen molar-refractivity contribution in [2.24, 2.45) is 0 Å². The van der Waals surface area contributed by atoms with Gasteiger partial charge in [0, 0.05) is 47.5 Å². The van der Waals surface area contributed by atoms with E-state index in [-0.39, 0.29) is 6.42 Å². The third kappa shape index (κ3) is 4.60. The molecule has 0 atom stereocenters. The molecule has 1 aliphatic heterocycles. The fourth-order valence-corrected chi connectivity index (χ4v) is 5.66. The number of fused-ring (bicyclic) bond motifs is 1. The molecule has 1 N–H and O–H groups in total. The maximum Gasteiger partial charge on any atom is 0.308 e. The number of aliphatic carboxylic acids is 1. The minimum Gasteiger partial charge on any atom is -0.481 e. The number of anilines is 1. The Bertz CT molecular complexity index is 955. The van der Waals surface area contributed by atoms with Crippen LogP contribution in [0.1, 0.15) is 16.2 Å². The first kappa shape index (κ1) is 18.7. The van der Waals surface area contributed by atoms with E-state index in [4.69, 9.17) is 21.7 Å². The Kier molecular flexibility index (Phi) is 5.63. The minimum absolute atomic E-state index is 0.111. The molecule has 4 rings (SSSR count). The molecule has 1 aliphatic rings. The lowest BCUT2D eigenvalue weighted by atomic mass is 10.3. The number of hydrogen-bond acceptors (Lipinski definition) is 6. The maximum atomic E-state index is 10.8. The Labute approximate surface area is 170 Å². The van der Waals surface area contributed by atoms with Gasteiger partial charge in [-0.3, -0.25) is 9.69 Å². The van der Waals surface area contributed by atoms with Crippen molar-refractivity contribution >= 4 is 55.6 Å². The van der Waals surface area contributed by atoms with Crippen molar-refractivity contribution < 1.29 is 9.90 Å². The number of halogens is 1. The van der Waals surface area contributed by atoms with Crippen molar-refractivity contribution in [2.45, 2.75) is 19.4 Å². The van der Waals surface area contributed by atoms with E-state index in [1.165, 1.54) is 4.88 Å². The van der Waals surface area contributed by atoms with E-state index in [9.17, 15) is 4.79 Å². The molecule has 0 radical (unpaired) electrons. The summed E-state index contributed by atoms with van der Waals surface area (Å²) < 4.78 is 1.13. The smallest absolute Gasteiger partial charge is 0.308 e. The number of carbonyl (C=O) groups is 1. The van der Waals surface area contributed by atoms with Gasteiger partial charge in [-0.2, -0.15) is 0 Å². The topological polar surface area (TPSA) is 56.7 Å². The molecular weight excluding hydrogens is 402 g/mol. The molecule has 0 amide bonds.